The van der Waals surface area contributed by atoms with Crippen molar-refractivity contribution in [3.05, 3.63) is 77.7 Å². The number of benzene rings is 2. The number of allylic oxidation sites excluding steroid dienone is 1. The van der Waals surface area contributed by atoms with E-state index in [2.05, 4.69) is 4.98 Å². The van der Waals surface area contributed by atoms with E-state index in [0.717, 1.165) is 16.5 Å². The zero-order valence-corrected chi connectivity index (χ0v) is 12.5. The number of aromatic nitrogens is 1. The minimum absolute atomic E-state index is 0.196. The quantitative estimate of drug-likeness (QED) is 0.533. The van der Waals surface area contributed by atoms with E-state index >= 15 is 0 Å². The molecule has 1 heterocycles. The molecule has 0 atom stereocenters. The van der Waals surface area contributed by atoms with Crippen LogP contribution in [0.2, 0.25) is 0 Å². The van der Waals surface area contributed by atoms with Crippen molar-refractivity contribution in [1.29, 1.82) is 0 Å². The van der Waals surface area contributed by atoms with Gasteiger partial charge in [-0.3, -0.25) is 9.78 Å². The van der Waals surface area contributed by atoms with Crippen molar-refractivity contribution in [1.82, 2.24) is 4.98 Å². The fourth-order valence-corrected chi connectivity index (χ4v) is 2.39. The van der Waals surface area contributed by atoms with Crippen molar-refractivity contribution in [2.24, 2.45) is 0 Å². The van der Waals surface area contributed by atoms with Gasteiger partial charge in [-0.2, -0.15) is 0 Å². The monoisotopic (exact) mass is 307 g/mol. The Bertz CT molecular complexity index is 898. The predicted octanol–water partition coefficient (Wildman–Crippen LogP) is 4.28. The number of hydrogen-bond donors (Lipinski definition) is 0. The number of fused-ring (bicyclic) bond motifs is 1. The third-order valence-corrected chi connectivity index (χ3v) is 3.52. The largest absolute Gasteiger partial charge is 0.496 e. The summed E-state index contributed by atoms with van der Waals surface area (Å²) in [4.78, 5) is 16.6. The Balaban J connectivity index is 1.96. The summed E-state index contributed by atoms with van der Waals surface area (Å²) in [6, 6.07) is 13.4. The lowest BCUT2D eigenvalue weighted by Crippen LogP contribution is -1.99. The van der Waals surface area contributed by atoms with Gasteiger partial charge in [0.25, 0.3) is 0 Å². The second kappa shape index (κ2) is 6.40. The second-order valence-corrected chi connectivity index (χ2v) is 4.96. The summed E-state index contributed by atoms with van der Waals surface area (Å²) < 4.78 is 18.5. The Hall–Kier alpha value is -3.01. The van der Waals surface area contributed by atoms with Crippen LogP contribution in [-0.2, 0) is 0 Å². The molecule has 3 aromatic rings. The molecular weight excluding hydrogens is 293 g/mol. The predicted molar refractivity (Wildman–Crippen MR) is 88.1 cm³/mol. The molecule has 3 rings (SSSR count). The summed E-state index contributed by atoms with van der Waals surface area (Å²) in [5.41, 5.74) is 1.92. The number of methoxy groups -OCH3 is 1. The minimum Gasteiger partial charge on any atom is -0.496 e. The van der Waals surface area contributed by atoms with Gasteiger partial charge in [-0.05, 0) is 42.0 Å². The highest BCUT2D eigenvalue weighted by Crippen LogP contribution is 2.22. The fourth-order valence-electron chi connectivity index (χ4n) is 2.39. The van der Waals surface area contributed by atoms with E-state index in [1.807, 2.05) is 30.3 Å². The van der Waals surface area contributed by atoms with Crippen LogP contribution in [0.4, 0.5) is 4.39 Å². The summed E-state index contributed by atoms with van der Waals surface area (Å²) in [5, 5.41) is 0.949. The number of nitrogens with zero attached hydrogens (tertiary/aromatic N) is 1. The molecule has 0 fully saturated rings. The smallest absolute Gasteiger partial charge is 0.189 e. The van der Waals surface area contributed by atoms with Crippen molar-refractivity contribution in [3.63, 3.8) is 0 Å². The van der Waals surface area contributed by atoms with Crippen molar-refractivity contribution in [2.45, 2.75) is 0 Å². The first-order valence-electron chi connectivity index (χ1n) is 7.09. The zero-order valence-electron chi connectivity index (χ0n) is 12.5. The first-order chi connectivity index (χ1) is 11.2. The zero-order chi connectivity index (χ0) is 16.2. The van der Waals surface area contributed by atoms with Crippen molar-refractivity contribution in [2.75, 3.05) is 7.11 Å². The molecule has 114 valence electrons. The van der Waals surface area contributed by atoms with Gasteiger partial charge in [0, 0.05) is 11.6 Å². The van der Waals surface area contributed by atoms with Gasteiger partial charge in [0.1, 0.15) is 11.6 Å². The summed E-state index contributed by atoms with van der Waals surface area (Å²) in [6.07, 6.45) is 4.81. The lowest BCUT2D eigenvalue weighted by atomic mass is 10.1. The number of pyridine rings is 1. The van der Waals surface area contributed by atoms with E-state index in [1.54, 1.807) is 12.3 Å². The van der Waals surface area contributed by atoms with Gasteiger partial charge >= 0.3 is 0 Å². The maximum absolute atomic E-state index is 13.4. The third-order valence-electron chi connectivity index (χ3n) is 3.52. The highest BCUT2D eigenvalue weighted by Gasteiger charge is 2.11. The van der Waals surface area contributed by atoms with Crippen molar-refractivity contribution >= 4 is 22.8 Å². The number of carbonyl (C=O) groups excluding carboxylic acids is 1. The van der Waals surface area contributed by atoms with Gasteiger partial charge in [0.05, 0.1) is 18.2 Å². The normalized spacial score (nSPS) is 11.0. The Kier molecular flexibility index (Phi) is 4.15. The molecule has 0 N–H and O–H groups in total. The highest BCUT2D eigenvalue weighted by molar-refractivity contribution is 6.09. The minimum atomic E-state index is -0.475. The maximum Gasteiger partial charge on any atom is 0.189 e. The Morgan fingerprint density at radius 2 is 2.00 bits per heavy atom. The lowest BCUT2D eigenvalue weighted by molar-refractivity contribution is 0.104. The SMILES string of the molecule is COc1ccc(F)cc1C(=O)C=Cc1ccnc2ccccc12. The van der Waals surface area contributed by atoms with E-state index in [0.29, 0.717) is 5.75 Å². The molecule has 0 aliphatic heterocycles. The molecule has 4 heteroatoms. The van der Waals surface area contributed by atoms with Gasteiger partial charge < -0.3 is 4.74 Å². The molecule has 0 saturated carbocycles. The first-order valence-corrected chi connectivity index (χ1v) is 7.09. The van der Waals surface area contributed by atoms with E-state index in [1.165, 1.54) is 31.4 Å². The topological polar surface area (TPSA) is 39.2 Å². The molecule has 0 saturated heterocycles. The van der Waals surface area contributed by atoms with Crippen LogP contribution >= 0.6 is 0 Å². The van der Waals surface area contributed by atoms with Crippen LogP contribution in [0.1, 0.15) is 15.9 Å². The van der Waals surface area contributed by atoms with E-state index in [-0.39, 0.29) is 11.3 Å². The molecule has 0 spiro atoms. The molecule has 3 nitrogen and oxygen atoms in total. The standard InChI is InChI=1S/C19H14FNO2/c1-23-19-9-7-14(20)12-16(19)18(22)8-6-13-10-11-21-17-5-3-2-4-15(13)17/h2-12H,1H3. The van der Waals surface area contributed by atoms with Crippen molar-refractivity contribution < 1.29 is 13.9 Å². The van der Waals surface area contributed by atoms with Gasteiger partial charge in [0.2, 0.25) is 0 Å². The molecule has 0 aliphatic carbocycles. The molecule has 2 aromatic carbocycles. The summed E-state index contributed by atoms with van der Waals surface area (Å²) >= 11 is 0. The summed E-state index contributed by atoms with van der Waals surface area (Å²) in [6.45, 7) is 0. The molecule has 0 unspecified atom stereocenters. The maximum atomic E-state index is 13.4. The van der Waals surface area contributed by atoms with Crippen LogP contribution in [0.15, 0.2) is 60.8 Å². The van der Waals surface area contributed by atoms with E-state index in [4.69, 9.17) is 4.74 Å². The Labute approximate surface area is 133 Å². The molecule has 23 heavy (non-hydrogen) atoms. The van der Waals surface area contributed by atoms with Crippen LogP contribution in [0.5, 0.6) is 5.75 Å². The first kappa shape index (κ1) is 14.9. The van der Waals surface area contributed by atoms with Gasteiger partial charge in [0.15, 0.2) is 5.78 Å². The summed E-state index contributed by atoms with van der Waals surface area (Å²) in [7, 11) is 1.45. The van der Waals surface area contributed by atoms with Crippen LogP contribution in [-0.4, -0.2) is 17.9 Å². The highest BCUT2D eigenvalue weighted by atomic mass is 19.1. The number of para-hydroxylation sites is 1. The number of hydrogen-bond acceptors (Lipinski definition) is 3. The average molecular weight is 307 g/mol. The number of halogens is 1. The number of carbonyl (C=O) groups is 1. The lowest BCUT2D eigenvalue weighted by Gasteiger charge is -2.05. The molecular formula is C19H14FNO2. The fraction of sp³-hybridized carbons (Fsp3) is 0.0526. The molecule has 0 amide bonds. The Morgan fingerprint density at radius 1 is 1.17 bits per heavy atom. The van der Waals surface area contributed by atoms with E-state index < -0.39 is 5.82 Å². The van der Waals surface area contributed by atoms with E-state index in [9.17, 15) is 9.18 Å². The van der Waals surface area contributed by atoms with Crippen LogP contribution in [0.25, 0.3) is 17.0 Å². The van der Waals surface area contributed by atoms with Gasteiger partial charge in [-0.15, -0.1) is 0 Å². The number of ketones is 1. The van der Waals surface area contributed by atoms with Gasteiger partial charge in [-0.25, -0.2) is 4.39 Å². The van der Waals surface area contributed by atoms with Crippen molar-refractivity contribution in [3.8, 4) is 5.75 Å². The second-order valence-electron chi connectivity index (χ2n) is 4.96. The average Bonchev–Trinajstić information content (AvgIpc) is 2.59. The molecule has 1 aromatic heterocycles. The number of ether oxygens (including phenoxy) is 1. The summed E-state index contributed by atoms with van der Waals surface area (Å²) in [5.74, 6) is -0.445. The van der Waals surface area contributed by atoms with Crippen LogP contribution in [0.3, 0.4) is 0 Å². The molecule has 0 bridgehead atoms. The molecule has 0 radical (unpaired) electrons. The third kappa shape index (κ3) is 3.11. The number of rotatable bonds is 4. The van der Waals surface area contributed by atoms with Crippen LogP contribution < -0.4 is 4.74 Å². The Morgan fingerprint density at radius 3 is 2.83 bits per heavy atom. The molecule has 0 aliphatic rings. The van der Waals surface area contributed by atoms with Crippen LogP contribution in [0, 0.1) is 5.82 Å². The van der Waals surface area contributed by atoms with Gasteiger partial charge in [-0.1, -0.05) is 24.3 Å².